The summed E-state index contributed by atoms with van der Waals surface area (Å²) in [6.07, 6.45) is 1.64. The van der Waals surface area contributed by atoms with E-state index in [-0.39, 0.29) is 12.4 Å². The van der Waals surface area contributed by atoms with E-state index in [0.717, 1.165) is 16.5 Å². The van der Waals surface area contributed by atoms with Crippen LogP contribution in [0.4, 0.5) is 0 Å². The molecule has 32 heavy (non-hydrogen) atoms. The van der Waals surface area contributed by atoms with Crippen LogP contribution < -0.4 is 20.8 Å². The lowest BCUT2D eigenvalue weighted by Gasteiger charge is -2.12. The Balaban J connectivity index is 1.34. The number of aromatic nitrogens is 4. The Labute approximate surface area is 182 Å². The maximum absolute atomic E-state index is 13.0. The van der Waals surface area contributed by atoms with Crippen molar-refractivity contribution in [2.24, 2.45) is 5.73 Å². The molecule has 1 aliphatic heterocycles. The lowest BCUT2D eigenvalue weighted by atomic mass is 10.1. The first kappa shape index (κ1) is 18.6. The minimum absolute atomic E-state index is 0.184. The smallest absolute Gasteiger partial charge is 0.277 e. The van der Waals surface area contributed by atoms with Crippen molar-refractivity contribution >= 4 is 21.9 Å². The number of nitrogens with zero attached hydrogens (tertiary/aromatic N) is 3. The van der Waals surface area contributed by atoms with E-state index >= 15 is 0 Å². The largest absolute Gasteiger partial charge is 0.454 e. The summed E-state index contributed by atoms with van der Waals surface area (Å²) >= 11 is 0. The van der Waals surface area contributed by atoms with Crippen LogP contribution in [0.2, 0.25) is 0 Å². The highest BCUT2D eigenvalue weighted by atomic mass is 16.7. The molecule has 0 saturated carbocycles. The number of fused-ring (bicyclic) bond motifs is 3. The third kappa shape index (κ3) is 3.09. The summed E-state index contributed by atoms with van der Waals surface area (Å²) in [7, 11) is 0. The molecule has 8 heteroatoms. The van der Waals surface area contributed by atoms with E-state index in [2.05, 4.69) is 45.3 Å². The molecule has 8 nitrogen and oxygen atoms in total. The predicted octanol–water partition coefficient (Wildman–Crippen LogP) is 3.10. The fourth-order valence-corrected chi connectivity index (χ4v) is 4.07. The van der Waals surface area contributed by atoms with E-state index in [4.69, 9.17) is 15.2 Å². The maximum Gasteiger partial charge on any atom is 0.277 e. The first-order valence-corrected chi connectivity index (χ1v) is 10.2. The van der Waals surface area contributed by atoms with Gasteiger partial charge in [0.15, 0.2) is 22.7 Å². The number of nitrogens with two attached hydrogens (primary N) is 1. The van der Waals surface area contributed by atoms with Gasteiger partial charge in [-0.05, 0) is 40.1 Å². The molecule has 1 unspecified atom stereocenters. The van der Waals surface area contributed by atoms with Crippen LogP contribution in [0.15, 0.2) is 71.8 Å². The molecule has 1 aliphatic rings. The van der Waals surface area contributed by atoms with Crippen molar-refractivity contribution in [2.75, 3.05) is 6.79 Å². The summed E-state index contributed by atoms with van der Waals surface area (Å²) in [6.45, 7) is 0.698. The molecule has 158 valence electrons. The molecule has 3 heterocycles. The summed E-state index contributed by atoms with van der Waals surface area (Å²) in [6, 6.07) is 19.2. The number of H-pyrrole nitrogens is 1. The third-order valence-electron chi connectivity index (χ3n) is 5.72. The normalized spacial score (nSPS) is 13.7. The Morgan fingerprint density at radius 3 is 2.78 bits per heavy atom. The summed E-state index contributed by atoms with van der Waals surface area (Å²) in [4.78, 5) is 24.7. The monoisotopic (exact) mass is 425 g/mol. The predicted molar refractivity (Wildman–Crippen MR) is 120 cm³/mol. The number of nitrogens with one attached hydrogen (secondary N) is 1. The highest BCUT2D eigenvalue weighted by Gasteiger charge is 2.20. The van der Waals surface area contributed by atoms with Crippen molar-refractivity contribution in [3.8, 4) is 11.5 Å². The molecule has 0 saturated heterocycles. The second-order valence-electron chi connectivity index (χ2n) is 7.77. The summed E-state index contributed by atoms with van der Waals surface area (Å²) < 4.78 is 12.6. The number of hydrogen-bond acceptors (Lipinski definition) is 6. The van der Waals surface area contributed by atoms with E-state index in [1.54, 1.807) is 23.0 Å². The topological polar surface area (TPSA) is 108 Å². The van der Waals surface area contributed by atoms with Crippen LogP contribution in [0.25, 0.3) is 21.9 Å². The van der Waals surface area contributed by atoms with Crippen LogP contribution in [-0.4, -0.2) is 26.3 Å². The zero-order chi connectivity index (χ0) is 21.7. The third-order valence-corrected chi connectivity index (χ3v) is 5.72. The average Bonchev–Trinajstić information content (AvgIpc) is 3.45. The minimum atomic E-state index is -0.632. The second kappa shape index (κ2) is 7.21. The molecule has 0 bridgehead atoms. The van der Waals surface area contributed by atoms with E-state index < -0.39 is 6.04 Å². The van der Waals surface area contributed by atoms with Crippen LogP contribution >= 0.6 is 0 Å². The molecule has 3 N–H and O–H groups in total. The fourth-order valence-electron chi connectivity index (χ4n) is 4.07. The van der Waals surface area contributed by atoms with Crippen LogP contribution in [0.5, 0.6) is 11.5 Å². The van der Waals surface area contributed by atoms with Crippen molar-refractivity contribution in [2.45, 2.75) is 12.6 Å². The van der Waals surface area contributed by atoms with Gasteiger partial charge in [-0.3, -0.25) is 4.79 Å². The van der Waals surface area contributed by atoms with Crippen LogP contribution in [0.3, 0.4) is 0 Å². The minimum Gasteiger partial charge on any atom is -0.454 e. The van der Waals surface area contributed by atoms with Gasteiger partial charge in [0.1, 0.15) is 5.82 Å². The van der Waals surface area contributed by atoms with E-state index in [9.17, 15) is 4.79 Å². The van der Waals surface area contributed by atoms with Crippen molar-refractivity contribution in [1.29, 1.82) is 0 Å². The molecule has 0 radical (unpaired) electrons. The summed E-state index contributed by atoms with van der Waals surface area (Å²) in [5.41, 5.74) is 8.72. The van der Waals surface area contributed by atoms with Crippen LogP contribution in [0.1, 0.15) is 23.0 Å². The van der Waals surface area contributed by atoms with Gasteiger partial charge < -0.3 is 24.8 Å². The van der Waals surface area contributed by atoms with Crippen LogP contribution in [0, 0.1) is 0 Å². The maximum atomic E-state index is 13.0. The van der Waals surface area contributed by atoms with Gasteiger partial charge in [0, 0.05) is 6.54 Å². The molecule has 0 aliphatic carbocycles. The van der Waals surface area contributed by atoms with Gasteiger partial charge in [0.25, 0.3) is 5.56 Å². The highest BCUT2D eigenvalue weighted by Crippen LogP contribution is 2.34. The van der Waals surface area contributed by atoms with Crippen LogP contribution in [-0.2, 0) is 6.54 Å². The molecular weight excluding hydrogens is 406 g/mol. The Hall–Kier alpha value is -4.17. The number of imidazole rings is 1. The molecule has 3 aromatic carbocycles. The van der Waals surface area contributed by atoms with Crippen molar-refractivity contribution in [3.05, 3.63) is 94.3 Å². The van der Waals surface area contributed by atoms with E-state index in [0.29, 0.717) is 35.0 Å². The first-order chi connectivity index (χ1) is 15.7. The van der Waals surface area contributed by atoms with Gasteiger partial charge in [0.05, 0.1) is 12.4 Å². The lowest BCUT2D eigenvalue weighted by molar-refractivity contribution is 0.174. The Morgan fingerprint density at radius 2 is 1.88 bits per heavy atom. The highest BCUT2D eigenvalue weighted by molar-refractivity contribution is 5.83. The number of benzene rings is 3. The van der Waals surface area contributed by atoms with Gasteiger partial charge in [-0.15, -0.1) is 0 Å². The van der Waals surface area contributed by atoms with Gasteiger partial charge >= 0.3 is 0 Å². The molecule has 1 atom stereocenters. The summed E-state index contributed by atoms with van der Waals surface area (Å²) in [5, 5.41) is 2.33. The SMILES string of the molecule is NC(c1ccc2c(c1)OCO2)c1nc2ncn(Cc3ccc4ccccc4c3)c2c(=O)[nH]1. The number of ether oxygens (including phenoxy) is 2. The molecule has 0 fully saturated rings. The Bertz CT molecular complexity index is 1540. The number of rotatable bonds is 4. The molecule has 0 amide bonds. The zero-order valence-corrected chi connectivity index (χ0v) is 17.0. The number of aromatic amines is 1. The second-order valence-corrected chi connectivity index (χ2v) is 7.77. The Morgan fingerprint density at radius 1 is 1.03 bits per heavy atom. The quantitative estimate of drug-likeness (QED) is 0.458. The van der Waals surface area contributed by atoms with Gasteiger partial charge in [-0.25, -0.2) is 9.97 Å². The fraction of sp³-hybridized carbons (Fsp3) is 0.125. The van der Waals surface area contributed by atoms with Gasteiger partial charge in [-0.1, -0.05) is 42.5 Å². The lowest BCUT2D eigenvalue weighted by Crippen LogP contribution is -2.22. The molecule has 0 spiro atoms. The van der Waals surface area contributed by atoms with Crippen molar-refractivity contribution in [1.82, 2.24) is 19.5 Å². The molecule has 5 aromatic rings. The standard InChI is InChI=1S/C24H19N5O3/c25-20(17-7-8-18-19(10-17)32-13-31-18)22-27-23-21(24(30)28-22)29(12-26-23)11-14-5-6-15-3-1-2-4-16(15)9-14/h1-10,12,20H,11,13,25H2,(H,27,28,30). The van der Waals surface area contributed by atoms with Gasteiger partial charge in [-0.2, -0.15) is 0 Å². The average molecular weight is 425 g/mol. The zero-order valence-electron chi connectivity index (χ0n) is 17.0. The Kier molecular flexibility index (Phi) is 4.19. The first-order valence-electron chi connectivity index (χ1n) is 10.2. The summed E-state index contributed by atoms with van der Waals surface area (Å²) in [5.74, 6) is 1.64. The van der Waals surface area contributed by atoms with E-state index in [1.807, 2.05) is 18.2 Å². The number of hydrogen-bond donors (Lipinski definition) is 2. The molecule has 2 aromatic heterocycles. The molecular formula is C24H19N5O3. The van der Waals surface area contributed by atoms with Crippen molar-refractivity contribution in [3.63, 3.8) is 0 Å². The molecule has 6 rings (SSSR count). The van der Waals surface area contributed by atoms with Crippen molar-refractivity contribution < 1.29 is 9.47 Å². The van der Waals surface area contributed by atoms with Gasteiger partial charge in [0.2, 0.25) is 6.79 Å². The van der Waals surface area contributed by atoms with E-state index in [1.165, 1.54) is 5.39 Å².